The third-order valence-corrected chi connectivity index (χ3v) is 4.72. The van der Waals surface area contributed by atoms with Gasteiger partial charge in [0.15, 0.2) is 0 Å². The monoisotopic (exact) mass is 354 g/mol. The molecular formula is C19H31ClN2O2. The zero-order valence-electron chi connectivity index (χ0n) is 15.1. The Morgan fingerprint density at radius 3 is 2.46 bits per heavy atom. The maximum atomic E-state index is 12.8. The third-order valence-electron chi connectivity index (χ3n) is 4.72. The van der Waals surface area contributed by atoms with Crippen LogP contribution in [-0.4, -0.2) is 39.3 Å². The van der Waals surface area contributed by atoms with Gasteiger partial charge in [0, 0.05) is 13.7 Å². The van der Waals surface area contributed by atoms with Crippen LogP contribution in [0.3, 0.4) is 0 Å². The standard InChI is InChI=1S/C19H30N2O2.ClH/c1-18(2,13-16-7-5-4-6-8-16)14-21-17(22)19(15-23-3)9-11-20-12-10-19;/h4-8,20H,9-15H2,1-3H3,(H,21,22);1H. The van der Waals surface area contributed by atoms with E-state index < -0.39 is 0 Å². The van der Waals surface area contributed by atoms with Gasteiger partial charge in [-0.1, -0.05) is 44.2 Å². The molecule has 1 aliphatic heterocycles. The topological polar surface area (TPSA) is 50.4 Å². The molecule has 2 N–H and O–H groups in total. The van der Waals surface area contributed by atoms with Crippen molar-refractivity contribution in [2.45, 2.75) is 33.1 Å². The summed E-state index contributed by atoms with van der Waals surface area (Å²) in [7, 11) is 1.68. The molecule has 0 spiro atoms. The van der Waals surface area contributed by atoms with E-state index in [1.54, 1.807) is 7.11 Å². The highest BCUT2D eigenvalue weighted by Crippen LogP contribution is 2.30. The maximum absolute atomic E-state index is 12.8. The number of amides is 1. The van der Waals surface area contributed by atoms with Crippen LogP contribution in [0.1, 0.15) is 32.3 Å². The van der Waals surface area contributed by atoms with Crippen LogP contribution >= 0.6 is 12.4 Å². The maximum Gasteiger partial charge on any atom is 0.228 e. The van der Waals surface area contributed by atoms with Gasteiger partial charge in [-0.15, -0.1) is 12.4 Å². The van der Waals surface area contributed by atoms with Crippen LogP contribution in [0.15, 0.2) is 30.3 Å². The summed E-state index contributed by atoms with van der Waals surface area (Å²) in [5, 5.41) is 6.51. The zero-order valence-corrected chi connectivity index (χ0v) is 15.9. The summed E-state index contributed by atoms with van der Waals surface area (Å²) in [6.07, 6.45) is 2.63. The second kappa shape index (κ2) is 9.40. The molecule has 4 nitrogen and oxygen atoms in total. The Bertz CT molecular complexity index is 494. The smallest absolute Gasteiger partial charge is 0.228 e. The number of rotatable bonds is 7. The Balaban J connectivity index is 0.00000288. The lowest BCUT2D eigenvalue weighted by Gasteiger charge is -2.36. The van der Waals surface area contributed by atoms with Crippen LogP contribution < -0.4 is 10.6 Å². The Morgan fingerprint density at radius 1 is 1.25 bits per heavy atom. The molecule has 0 atom stereocenters. The lowest BCUT2D eigenvalue weighted by Crippen LogP contribution is -2.51. The number of carbonyl (C=O) groups excluding carboxylic acids is 1. The quantitative estimate of drug-likeness (QED) is 0.791. The van der Waals surface area contributed by atoms with Gasteiger partial charge in [0.25, 0.3) is 0 Å². The number of benzene rings is 1. The number of nitrogens with one attached hydrogen (secondary N) is 2. The molecule has 0 bridgehead atoms. The SMILES string of the molecule is COCC1(C(=O)NCC(C)(C)Cc2ccccc2)CCNCC1.Cl. The highest BCUT2D eigenvalue weighted by atomic mass is 35.5. The summed E-state index contributed by atoms with van der Waals surface area (Å²) in [6.45, 7) is 7.34. The summed E-state index contributed by atoms with van der Waals surface area (Å²) < 4.78 is 5.34. The number of ether oxygens (including phenoxy) is 1. The van der Waals surface area contributed by atoms with E-state index in [0.717, 1.165) is 32.4 Å². The molecule has 5 heteroatoms. The highest BCUT2D eigenvalue weighted by Gasteiger charge is 2.40. The van der Waals surface area contributed by atoms with Gasteiger partial charge < -0.3 is 15.4 Å². The fraction of sp³-hybridized carbons (Fsp3) is 0.632. The number of hydrogen-bond donors (Lipinski definition) is 2. The van der Waals surface area contributed by atoms with Crippen molar-refractivity contribution in [1.82, 2.24) is 10.6 Å². The van der Waals surface area contributed by atoms with Gasteiger partial charge in [-0.2, -0.15) is 0 Å². The molecule has 1 aliphatic rings. The van der Waals surface area contributed by atoms with Gasteiger partial charge in [0.05, 0.1) is 12.0 Å². The third kappa shape index (κ3) is 5.76. The van der Waals surface area contributed by atoms with Crippen LogP contribution in [0.25, 0.3) is 0 Å². The molecule has 24 heavy (non-hydrogen) atoms. The molecule has 0 aromatic heterocycles. The number of hydrogen-bond acceptors (Lipinski definition) is 3. The minimum absolute atomic E-state index is 0. The second-order valence-corrected chi connectivity index (χ2v) is 7.47. The van der Waals surface area contributed by atoms with E-state index in [-0.39, 0.29) is 29.1 Å². The van der Waals surface area contributed by atoms with Gasteiger partial charge >= 0.3 is 0 Å². The van der Waals surface area contributed by atoms with Gasteiger partial charge in [0.2, 0.25) is 5.91 Å². The minimum Gasteiger partial charge on any atom is -0.384 e. The molecule has 0 radical (unpaired) electrons. The largest absolute Gasteiger partial charge is 0.384 e. The number of methoxy groups -OCH3 is 1. The molecule has 0 unspecified atom stereocenters. The van der Waals surface area contributed by atoms with Crippen molar-refractivity contribution < 1.29 is 9.53 Å². The van der Waals surface area contributed by atoms with Crippen LogP contribution in [0.2, 0.25) is 0 Å². The first-order valence-electron chi connectivity index (χ1n) is 8.49. The van der Waals surface area contributed by atoms with E-state index in [1.165, 1.54) is 5.56 Å². The summed E-state index contributed by atoms with van der Waals surface area (Å²) in [4.78, 5) is 12.8. The van der Waals surface area contributed by atoms with E-state index in [1.807, 2.05) is 6.07 Å². The molecule has 2 rings (SSSR count). The fourth-order valence-corrected chi connectivity index (χ4v) is 3.34. The molecule has 1 fully saturated rings. The van der Waals surface area contributed by atoms with Crippen molar-refractivity contribution in [2.75, 3.05) is 33.4 Å². The van der Waals surface area contributed by atoms with Gasteiger partial charge in [-0.25, -0.2) is 0 Å². The molecular weight excluding hydrogens is 324 g/mol. The summed E-state index contributed by atoms with van der Waals surface area (Å²) >= 11 is 0. The Labute approximate surface area is 152 Å². The van der Waals surface area contributed by atoms with Crippen molar-refractivity contribution in [1.29, 1.82) is 0 Å². The number of piperidine rings is 1. The first-order chi connectivity index (χ1) is 11.0. The van der Waals surface area contributed by atoms with Gasteiger partial charge in [-0.05, 0) is 43.3 Å². The molecule has 1 heterocycles. The average Bonchev–Trinajstić information content (AvgIpc) is 2.54. The van der Waals surface area contributed by atoms with Crippen LogP contribution in [-0.2, 0) is 16.0 Å². The van der Waals surface area contributed by atoms with Crippen LogP contribution in [0.5, 0.6) is 0 Å². The van der Waals surface area contributed by atoms with E-state index in [4.69, 9.17) is 4.74 Å². The Hall–Kier alpha value is -1.10. The lowest BCUT2D eigenvalue weighted by molar-refractivity contribution is -0.136. The lowest BCUT2D eigenvalue weighted by atomic mass is 9.78. The fourth-order valence-electron chi connectivity index (χ4n) is 3.34. The van der Waals surface area contributed by atoms with Crippen molar-refractivity contribution >= 4 is 18.3 Å². The van der Waals surface area contributed by atoms with E-state index in [2.05, 4.69) is 48.7 Å². The predicted octanol–water partition coefficient (Wildman–Crippen LogP) is 2.81. The van der Waals surface area contributed by atoms with Crippen LogP contribution in [0.4, 0.5) is 0 Å². The van der Waals surface area contributed by atoms with Crippen molar-refractivity contribution in [3.8, 4) is 0 Å². The van der Waals surface area contributed by atoms with Crippen molar-refractivity contribution in [2.24, 2.45) is 10.8 Å². The van der Waals surface area contributed by atoms with E-state index in [0.29, 0.717) is 13.2 Å². The molecule has 136 valence electrons. The summed E-state index contributed by atoms with van der Waals surface area (Å²) in [5.74, 6) is 0.141. The molecule has 0 saturated carbocycles. The molecule has 1 aromatic rings. The Kier molecular flexibility index (Phi) is 8.20. The number of halogens is 1. The molecule has 1 saturated heterocycles. The molecule has 1 amide bonds. The average molecular weight is 355 g/mol. The normalized spacial score (nSPS) is 17.0. The first-order valence-corrected chi connectivity index (χ1v) is 8.49. The Morgan fingerprint density at radius 2 is 1.88 bits per heavy atom. The van der Waals surface area contributed by atoms with Gasteiger partial charge in [-0.3, -0.25) is 4.79 Å². The van der Waals surface area contributed by atoms with Crippen molar-refractivity contribution in [3.05, 3.63) is 35.9 Å². The summed E-state index contributed by atoms with van der Waals surface area (Å²) in [5.41, 5.74) is 0.960. The molecule has 1 aromatic carbocycles. The molecule has 0 aliphatic carbocycles. The number of carbonyl (C=O) groups is 1. The minimum atomic E-state index is -0.372. The first kappa shape index (κ1) is 20.9. The second-order valence-electron chi connectivity index (χ2n) is 7.47. The van der Waals surface area contributed by atoms with Crippen LogP contribution in [0, 0.1) is 10.8 Å². The van der Waals surface area contributed by atoms with E-state index >= 15 is 0 Å². The highest BCUT2D eigenvalue weighted by molar-refractivity contribution is 5.85. The van der Waals surface area contributed by atoms with E-state index in [9.17, 15) is 4.79 Å². The summed E-state index contributed by atoms with van der Waals surface area (Å²) in [6, 6.07) is 10.4. The zero-order chi connectivity index (χ0) is 16.8. The van der Waals surface area contributed by atoms with Crippen molar-refractivity contribution in [3.63, 3.8) is 0 Å². The predicted molar refractivity (Wildman–Crippen MR) is 101 cm³/mol. The van der Waals surface area contributed by atoms with Gasteiger partial charge in [0.1, 0.15) is 0 Å².